The van der Waals surface area contributed by atoms with E-state index in [0.717, 1.165) is 11.3 Å². The molecule has 0 bridgehead atoms. The maximum Gasteiger partial charge on any atom is 0.490 e. The van der Waals surface area contributed by atoms with Crippen LogP contribution in [0.4, 0.5) is 0 Å². The van der Waals surface area contributed by atoms with E-state index >= 15 is 0 Å². The van der Waals surface area contributed by atoms with Gasteiger partial charge in [0.1, 0.15) is 0 Å². The molecule has 0 spiro atoms. The number of hydrogen-bond acceptors (Lipinski definition) is 3. The van der Waals surface area contributed by atoms with E-state index in [0.29, 0.717) is 5.46 Å². The first-order valence-electron chi connectivity index (χ1n) is 4.65. The van der Waals surface area contributed by atoms with Crippen LogP contribution >= 0.6 is 0 Å². The molecular weight excluding hydrogens is 177 g/mol. The third kappa shape index (κ3) is 2.33. The SMILES string of the molecule is Cc1cnc(C(C)(C)C)c(B(O)O)c1. The molecular formula is C10H16BNO2. The minimum absolute atomic E-state index is 0.174. The normalized spacial score (nSPS) is 11.6. The van der Waals surface area contributed by atoms with Crippen LogP contribution in [0.15, 0.2) is 12.3 Å². The maximum atomic E-state index is 9.21. The largest absolute Gasteiger partial charge is 0.490 e. The lowest BCUT2D eigenvalue weighted by molar-refractivity contribution is 0.423. The fraction of sp³-hybridized carbons (Fsp3) is 0.500. The van der Waals surface area contributed by atoms with Crippen molar-refractivity contribution >= 4 is 12.6 Å². The lowest BCUT2D eigenvalue weighted by atomic mass is 9.72. The Hall–Kier alpha value is -0.865. The fourth-order valence-electron chi connectivity index (χ4n) is 1.42. The van der Waals surface area contributed by atoms with Crippen LogP contribution in [0.5, 0.6) is 0 Å². The van der Waals surface area contributed by atoms with Crippen molar-refractivity contribution in [2.45, 2.75) is 33.1 Å². The summed E-state index contributed by atoms with van der Waals surface area (Å²) >= 11 is 0. The first-order chi connectivity index (χ1) is 6.32. The highest BCUT2D eigenvalue weighted by molar-refractivity contribution is 6.59. The second-order valence-corrected chi connectivity index (χ2v) is 4.57. The molecule has 1 aromatic heterocycles. The summed E-state index contributed by atoms with van der Waals surface area (Å²) < 4.78 is 0. The summed E-state index contributed by atoms with van der Waals surface area (Å²) in [6.45, 7) is 7.87. The molecule has 4 heteroatoms. The van der Waals surface area contributed by atoms with E-state index in [1.165, 1.54) is 0 Å². The monoisotopic (exact) mass is 193 g/mol. The van der Waals surface area contributed by atoms with Gasteiger partial charge in [-0.1, -0.05) is 26.8 Å². The molecule has 2 N–H and O–H groups in total. The van der Waals surface area contributed by atoms with Gasteiger partial charge in [-0.3, -0.25) is 4.98 Å². The van der Waals surface area contributed by atoms with Gasteiger partial charge >= 0.3 is 7.12 Å². The summed E-state index contributed by atoms with van der Waals surface area (Å²) in [7, 11) is -1.45. The summed E-state index contributed by atoms with van der Waals surface area (Å²) in [4.78, 5) is 4.25. The Morgan fingerprint density at radius 1 is 1.29 bits per heavy atom. The van der Waals surface area contributed by atoms with Gasteiger partial charge in [0.15, 0.2) is 0 Å². The average molecular weight is 193 g/mol. The second-order valence-electron chi connectivity index (χ2n) is 4.57. The molecule has 0 radical (unpaired) electrons. The Labute approximate surface area is 85.0 Å². The van der Waals surface area contributed by atoms with E-state index in [1.54, 1.807) is 12.3 Å². The standard InChI is InChI=1S/C10H16BNO2/c1-7-5-8(11(13)14)9(12-6-7)10(2,3)4/h5-6,13-14H,1-4H3. The van der Waals surface area contributed by atoms with Crippen LogP contribution in [0.3, 0.4) is 0 Å². The van der Waals surface area contributed by atoms with Crippen molar-refractivity contribution in [1.82, 2.24) is 4.98 Å². The highest BCUT2D eigenvalue weighted by atomic mass is 16.4. The van der Waals surface area contributed by atoms with Gasteiger partial charge in [0.25, 0.3) is 0 Å². The van der Waals surface area contributed by atoms with Crippen LogP contribution in [0.2, 0.25) is 0 Å². The van der Waals surface area contributed by atoms with Gasteiger partial charge in [-0.05, 0) is 12.5 Å². The predicted octanol–water partition coefficient (Wildman–Crippen LogP) is 0.367. The molecule has 0 atom stereocenters. The minimum Gasteiger partial charge on any atom is -0.423 e. The molecule has 0 amide bonds. The lowest BCUT2D eigenvalue weighted by Gasteiger charge is -2.21. The van der Waals surface area contributed by atoms with E-state index < -0.39 is 7.12 Å². The molecule has 0 aliphatic carbocycles. The van der Waals surface area contributed by atoms with Crippen LogP contribution in [-0.4, -0.2) is 22.2 Å². The van der Waals surface area contributed by atoms with Crippen molar-refractivity contribution in [3.8, 4) is 0 Å². The summed E-state index contributed by atoms with van der Waals surface area (Å²) in [5.41, 5.74) is 1.99. The van der Waals surface area contributed by atoms with Crippen molar-refractivity contribution < 1.29 is 10.0 Å². The van der Waals surface area contributed by atoms with Gasteiger partial charge < -0.3 is 10.0 Å². The van der Waals surface area contributed by atoms with Crippen LogP contribution in [-0.2, 0) is 5.41 Å². The Morgan fingerprint density at radius 3 is 2.29 bits per heavy atom. The zero-order chi connectivity index (χ0) is 10.9. The lowest BCUT2D eigenvalue weighted by Crippen LogP contribution is -2.38. The highest BCUT2D eigenvalue weighted by Crippen LogP contribution is 2.18. The predicted molar refractivity (Wildman–Crippen MR) is 57.5 cm³/mol. The Bertz CT molecular complexity index is 331. The first kappa shape index (κ1) is 11.2. The van der Waals surface area contributed by atoms with Crippen molar-refractivity contribution in [2.24, 2.45) is 0 Å². The first-order valence-corrected chi connectivity index (χ1v) is 4.65. The van der Waals surface area contributed by atoms with E-state index in [4.69, 9.17) is 0 Å². The smallest absolute Gasteiger partial charge is 0.423 e. The minimum atomic E-state index is -1.45. The molecule has 0 saturated carbocycles. The summed E-state index contributed by atoms with van der Waals surface area (Å²) in [5, 5.41) is 18.4. The van der Waals surface area contributed by atoms with Gasteiger partial charge in [-0.15, -0.1) is 0 Å². The zero-order valence-electron chi connectivity index (χ0n) is 9.07. The molecule has 1 aromatic rings. The maximum absolute atomic E-state index is 9.21. The Morgan fingerprint density at radius 2 is 1.86 bits per heavy atom. The third-order valence-electron chi connectivity index (χ3n) is 2.04. The molecule has 0 aliphatic rings. The number of rotatable bonds is 1. The Kier molecular flexibility index (Phi) is 2.97. The third-order valence-corrected chi connectivity index (χ3v) is 2.04. The second kappa shape index (κ2) is 3.71. The van der Waals surface area contributed by atoms with Crippen LogP contribution in [0.25, 0.3) is 0 Å². The van der Waals surface area contributed by atoms with Gasteiger partial charge in [0, 0.05) is 22.8 Å². The Balaban J connectivity index is 3.29. The molecule has 0 saturated heterocycles. The van der Waals surface area contributed by atoms with Gasteiger partial charge in [0.2, 0.25) is 0 Å². The van der Waals surface area contributed by atoms with E-state index in [1.807, 2.05) is 27.7 Å². The molecule has 1 heterocycles. The van der Waals surface area contributed by atoms with E-state index in [-0.39, 0.29) is 5.41 Å². The van der Waals surface area contributed by atoms with E-state index in [9.17, 15) is 10.0 Å². The number of nitrogens with zero attached hydrogens (tertiary/aromatic N) is 1. The van der Waals surface area contributed by atoms with Crippen LogP contribution < -0.4 is 5.46 Å². The number of aromatic nitrogens is 1. The number of hydrogen-bond donors (Lipinski definition) is 2. The van der Waals surface area contributed by atoms with Gasteiger partial charge in [0.05, 0.1) is 0 Å². The highest BCUT2D eigenvalue weighted by Gasteiger charge is 2.25. The topological polar surface area (TPSA) is 53.4 Å². The van der Waals surface area contributed by atoms with Crippen LogP contribution in [0.1, 0.15) is 32.0 Å². The molecule has 76 valence electrons. The molecule has 1 rings (SSSR count). The molecule has 0 aliphatic heterocycles. The van der Waals surface area contributed by atoms with E-state index in [2.05, 4.69) is 4.98 Å². The van der Waals surface area contributed by atoms with Crippen molar-refractivity contribution in [3.05, 3.63) is 23.5 Å². The molecule has 0 fully saturated rings. The molecule has 14 heavy (non-hydrogen) atoms. The average Bonchev–Trinajstić information content (AvgIpc) is 2.01. The van der Waals surface area contributed by atoms with Crippen LogP contribution in [0, 0.1) is 6.92 Å². The zero-order valence-corrected chi connectivity index (χ0v) is 9.07. The van der Waals surface area contributed by atoms with Crippen molar-refractivity contribution in [1.29, 1.82) is 0 Å². The van der Waals surface area contributed by atoms with Crippen molar-refractivity contribution in [2.75, 3.05) is 0 Å². The molecule has 3 nitrogen and oxygen atoms in total. The molecule has 0 unspecified atom stereocenters. The van der Waals surface area contributed by atoms with Gasteiger partial charge in [-0.2, -0.15) is 0 Å². The summed E-state index contributed by atoms with van der Waals surface area (Å²) in [5.74, 6) is 0. The summed E-state index contributed by atoms with van der Waals surface area (Å²) in [6.07, 6.45) is 1.74. The molecule has 0 aromatic carbocycles. The summed E-state index contributed by atoms with van der Waals surface area (Å²) in [6, 6.07) is 1.76. The fourth-order valence-corrected chi connectivity index (χ4v) is 1.42. The quantitative estimate of drug-likeness (QED) is 0.633. The van der Waals surface area contributed by atoms with Crippen molar-refractivity contribution in [3.63, 3.8) is 0 Å². The van der Waals surface area contributed by atoms with Gasteiger partial charge in [-0.25, -0.2) is 0 Å². The number of pyridine rings is 1. The number of aryl methyl sites for hydroxylation is 1.